The molecule has 1 saturated heterocycles. The Balaban J connectivity index is 2.28. The van der Waals surface area contributed by atoms with Crippen LogP contribution < -0.4 is 10.6 Å². The number of hydrogen-bond acceptors (Lipinski definition) is 5. The van der Waals surface area contributed by atoms with Crippen LogP contribution >= 0.6 is 11.8 Å². The third-order valence-electron chi connectivity index (χ3n) is 2.03. The van der Waals surface area contributed by atoms with E-state index in [1.165, 1.54) is 0 Å². The van der Waals surface area contributed by atoms with Gasteiger partial charge in [0, 0.05) is 6.42 Å². The van der Waals surface area contributed by atoms with E-state index in [1.807, 2.05) is 0 Å². The van der Waals surface area contributed by atoms with E-state index < -0.39 is 23.8 Å². The van der Waals surface area contributed by atoms with Gasteiger partial charge in [-0.05, 0) is 6.42 Å². The number of thioether (sulfide) groups is 1. The number of nitrogens with one attached hydrogen (secondary N) is 2. The van der Waals surface area contributed by atoms with Crippen LogP contribution in [0.25, 0.3) is 0 Å². The van der Waals surface area contributed by atoms with Crippen molar-refractivity contribution in [3.63, 3.8) is 0 Å². The molecule has 94 valence electrons. The molecule has 3 amide bonds. The molecule has 8 heteroatoms. The minimum atomic E-state index is -0.996. The maximum absolute atomic E-state index is 11.3. The maximum atomic E-state index is 11.3. The lowest BCUT2D eigenvalue weighted by Crippen LogP contribution is -2.52. The van der Waals surface area contributed by atoms with Crippen LogP contribution in [-0.2, 0) is 19.2 Å². The largest absolute Gasteiger partial charge is 0.481 e. The number of hydrogen-bond donors (Lipinski definition) is 3. The van der Waals surface area contributed by atoms with E-state index in [2.05, 4.69) is 10.6 Å². The Hall–Kier alpha value is -1.57. The number of carbonyl (C=O) groups is 4. The predicted octanol–water partition coefficient (Wildman–Crippen LogP) is -1.27. The summed E-state index contributed by atoms with van der Waals surface area (Å²) in [5, 5.41) is 12.9. The molecule has 1 aliphatic rings. The van der Waals surface area contributed by atoms with E-state index in [0.717, 1.165) is 11.8 Å². The first-order valence-corrected chi connectivity index (χ1v) is 6.07. The molecule has 17 heavy (non-hydrogen) atoms. The highest BCUT2D eigenvalue weighted by atomic mass is 32.2. The molecule has 0 aromatic carbocycles. The van der Waals surface area contributed by atoms with Crippen LogP contribution in [0, 0.1) is 0 Å². The molecule has 3 N–H and O–H groups in total. The summed E-state index contributed by atoms with van der Waals surface area (Å²) < 4.78 is 0. The van der Waals surface area contributed by atoms with Gasteiger partial charge in [0.15, 0.2) is 0 Å². The summed E-state index contributed by atoms with van der Waals surface area (Å²) in [4.78, 5) is 43.6. The monoisotopic (exact) mass is 260 g/mol. The molecule has 1 fully saturated rings. The lowest BCUT2D eigenvalue weighted by molar-refractivity contribution is -0.137. The Labute approximate surface area is 101 Å². The van der Waals surface area contributed by atoms with Gasteiger partial charge >= 0.3 is 5.97 Å². The van der Waals surface area contributed by atoms with Crippen molar-refractivity contribution in [2.75, 3.05) is 11.5 Å². The van der Waals surface area contributed by atoms with Crippen molar-refractivity contribution >= 4 is 35.5 Å². The van der Waals surface area contributed by atoms with E-state index in [1.54, 1.807) is 0 Å². The Morgan fingerprint density at radius 2 is 2.12 bits per heavy atom. The number of carbonyl (C=O) groups excluding carboxylic acids is 3. The van der Waals surface area contributed by atoms with Crippen LogP contribution in [0.3, 0.4) is 0 Å². The molecule has 0 spiro atoms. The fourth-order valence-corrected chi connectivity index (χ4v) is 1.84. The van der Waals surface area contributed by atoms with Crippen molar-refractivity contribution in [3.8, 4) is 0 Å². The lowest BCUT2D eigenvalue weighted by Gasteiger charge is -2.21. The first kappa shape index (κ1) is 13.5. The quantitative estimate of drug-likeness (QED) is 0.531. The second-order valence-corrected chi connectivity index (χ2v) is 4.44. The van der Waals surface area contributed by atoms with Gasteiger partial charge in [0.2, 0.25) is 17.7 Å². The van der Waals surface area contributed by atoms with Crippen molar-refractivity contribution in [3.05, 3.63) is 0 Å². The highest BCUT2D eigenvalue weighted by Crippen LogP contribution is 2.05. The zero-order valence-corrected chi connectivity index (χ0v) is 9.71. The fraction of sp³-hybridized carbons (Fsp3) is 0.556. The van der Waals surface area contributed by atoms with Gasteiger partial charge in [-0.2, -0.15) is 0 Å². The molecular weight excluding hydrogens is 248 g/mol. The van der Waals surface area contributed by atoms with Crippen LogP contribution in [0.15, 0.2) is 0 Å². The Bertz CT molecular complexity index is 357. The highest BCUT2D eigenvalue weighted by molar-refractivity contribution is 8.00. The zero-order chi connectivity index (χ0) is 12.8. The van der Waals surface area contributed by atoms with E-state index in [9.17, 15) is 19.2 Å². The highest BCUT2D eigenvalue weighted by Gasteiger charge is 2.27. The summed E-state index contributed by atoms with van der Waals surface area (Å²) in [6, 6.07) is -0.703. The summed E-state index contributed by atoms with van der Waals surface area (Å²) in [6.45, 7) is 0. The molecule has 0 aromatic heterocycles. The topological polar surface area (TPSA) is 113 Å². The number of aliphatic carboxylic acids is 1. The van der Waals surface area contributed by atoms with Crippen molar-refractivity contribution < 1.29 is 24.3 Å². The summed E-state index contributed by atoms with van der Waals surface area (Å²) in [5.41, 5.74) is 0. The molecule has 1 rings (SSSR count). The van der Waals surface area contributed by atoms with Gasteiger partial charge in [-0.1, -0.05) is 0 Å². The van der Waals surface area contributed by atoms with Gasteiger partial charge in [0.25, 0.3) is 0 Å². The SMILES string of the molecule is O=C(O)CSCC(=O)NC1CCC(=O)NC1=O. The summed E-state index contributed by atoms with van der Waals surface area (Å²) >= 11 is 0.950. The minimum absolute atomic E-state index is 0.0238. The average molecular weight is 260 g/mol. The van der Waals surface area contributed by atoms with Gasteiger partial charge in [-0.25, -0.2) is 0 Å². The smallest absolute Gasteiger partial charge is 0.313 e. The van der Waals surface area contributed by atoms with Gasteiger partial charge in [0.1, 0.15) is 6.04 Å². The number of piperidine rings is 1. The van der Waals surface area contributed by atoms with Crippen molar-refractivity contribution in [1.82, 2.24) is 10.6 Å². The van der Waals surface area contributed by atoms with Gasteiger partial charge < -0.3 is 10.4 Å². The number of imide groups is 1. The lowest BCUT2D eigenvalue weighted by atomic mass is 10.1. The molecule has 1 heterocycles. The minimum Gasteiger partial charge on any atom is -0.481 e. The first-order chi connectivity index (χ1) is 7.99. The van der Waals surface area contributed by atoms with Crippen molar-refractivity contribution in [1.29, 1.82) is 0 Å². The van der Waals surface area contributed by atoms with E-state index >= 15 is 0 Å². The van der Waals surface area contributed by atoms with E-state index in [-0.39, 0.29) is 30.3 Å². The second kappa shape index (κ2) is 6.24. The van der Waals surface area contributed by atoms with Gasteiger partial charge in [-0.3, -0.25) is 24.5 Å². The molecule has 0 aliphatic carbocycles. The molecule has 1 unspecified atom stereocenters. The maximum Gasteiger partial charge on any atom is 0.313 e. The van der Waals surface area contributed by atoms with Crippen LogP contribution in [0.2, 0.25) is 0 Å². The third-order valence-corrected chi connectivity index (χ3v) is 2.95. The number of carboxylic acid groups (broad SMARTS) is 1. The summed E-state index contributed by atoms with van der Waals surface area (Å²) in [5.74, 6) is -2.46. The van der Waals surface area contributed by atoms with Gasteiger partial charge in [-0.15, -0.1) is 11.8 Å². The average Bonchev–Trinajstić information content (AvgIpc) is 2.21. The number of rotatable bonds is 5. The first-order valence-electron chi connectivity index (χ1n) is 4.91. The van der Waals surface area contributed by atoms with Crippen LogP contribution in [0.5, 0.6) is 0 Å². The molecular formula is C9H12N2O5S. The van der Waals surface area contributed by atoms with Crippen molar-refractivity contribution in [2.24, 2.45) is 0 Å². The fourth-order valence-electron chi connectivity index (χ4n) is 1.30. The van der Waals surface area contributed by atoms with Crippen LogP contribution in [-0.4, -0.2) is 46.3 Å². The molecule has 0 bridgehead atoms. The molecule has 0 saturated carbocycles. The summed E-state index contributed by atoms with van der Waals surface area (Å²) in [7, 11) is 0. The Morgan fingerprint density at radius 3 is 2.71 bits per heavy atom. The van der Waals surface area contributed by atoms with Crippen LogP contribution in [0.4, 0.5) is 0 Å². The van der Waals surface area contributed by atoms with E-state index in [0.29, 0.717) is 0 Å². The van der Waals surface area contributed by atoms with Crippen LogP contribution in [0.1, 0.15) is 12.8 Å². The molecule has 0 aromatic rings. The molecule has 1 aliphatic heterocycles. The number of carboxylic acids is 1. The Morgan fingerprint density at radius 1 is 1.41 bits per heavy atom. The Kier molecular flexibility index (Phi) is 4.95. The van der Waals surface area contributed by atoms with Gasteiger partial charge in [0.05, 0.1) is 11.5 Å². The van der Waals surface area contributed by atoms with E-state index in [4.69, 9.17) is 5.11 Å². The normalized spacial score (nSPS) is 19.6. The molecule has 7 nitrogen and oxygen atoms in total. The molecule has 1 atom stereocenters. The van der Waals surface area contributed by atoms with Crippen molar-refractivity contribution in [2.45, 2.75) is 18.9 Å². The standard InChI is InChI=1S/C9H12N2O5S/c12-6-2-1-5(9(16)11-6)10-7(13)3-17-4-8(14)15/h5H,1-4H2,(H,10,13)(H,14,15)(H,11,12,16). The predicted molar refractivity (Wildman–Crippen MR) is 59.3 cm³/mol. The third kappa shape index (κ3) is 4.85. The summed E-state index contributed by atoms with van der Waals surface area (Å²) in [6.07, 6.45) is 0.471. The zero-order valence-electron chi connectivity index (χ0n) is 8.89. The molecule has 0 radical (unpaired) electrons. The number of amides is 3. The second-order valence-electron chi connectivity index (χ2n) is 3.46.